The Morgan fingerprint density at radius 3 is 2.29 bits per heavy atom. The molecular formula is C19H20O5. The van der Waals surface area contributed by atoms with Gasteiger partial charge in [0, 0.05) is 5.56 Å². The van der Waals surface area contributed by atoms with Gasteiger partial charge in [-0.25, -0.2) is 9.59 Å². The Bertz CT molecular complexity index is 793. The Morgan fingerprint density at radius 1 is 1.08 bits per heavy atom. The van der Waals surface area contributed by atoms with Crippen LogP contribution in [0.15, 0.2) is 30.3 Å². The predicted molar refractivity (Wildman–Crippen MR) is 90.3 cm³/mol. The van der Waals surface area contributed by atoms with Gasteiger partial charge in [-0.1, -0.05) is 31.2 Å². The molecule has 1 N–H and O–H groups in total. The average molecular weight is 328 g/mol. The van der Waals surface area contributed by atoms with Crippen LogP contribution in [-0.4, -0.2) is 31.3 Å². The minimum atomic E-state index is -0.707. The summed E-state index contributed by atoms with van der Waals surface area (Å²) in [5, 5.41) is 10.3. The molecule has 0 heterocycles. The molecule has 5 heteroatoms. The van der Waals surface area contributed by atoms with Crippen LogP contribution < -0.4 is 0 Å². The molecule has 2 rings (SSSR count). The quantitative estimate of drug-likeness (QED) is 0.870. The topological polar surface area (TPSA) is 72.8 Å². The van der Waals surface area contributed by atoms with Crippen molar-refractivity contribution in [3.63, 3.8) is 0 Å². The van der Waals surface area contributed by atoms with Gasteiger partial charge in [0.25, 0.3) is 0 Å². The van der Waals surface area contributed by atoms with Crippen LogP contribution in [-0.2, 0) is 15.9 Å². The number of phenols is 1. The number of aromatic hydroxyl groups is 1. The number of hydrogen-bond acceptors (Lipinski definition) is 5. The number of esters is 2. The van der Waals surface area contributed by atoms with Gasteiger partial charge in [0.05, 0.1) is 25.3 Å². The zero-order chi connectivity index (χ0) is 17.9. The SMILES string of the molecule is CCc1ccccc1-c1c(C)c(O)cc(C(=O)OC)c1C(=O)OC. The van der Waals surface area contributed by atoms with Crippen molar-refractivity contribution in [2.24, 2.45) is 0 Å². The minimum Gasteiger partial charge on any atom is -0.508 e. The highest BCUT2D eigenvalue weighted by atomic mass is 16.5. The fraction of sp³-hybridized carbons (Fsp3) is 0.263. The molecule has 126 valence electrons. The first-order valence-corrected chi connectivity index (χ1v) is 7.57. The summed E-state index contributed by atoms with van der Waals surface area (Å²) in [6, 6.07) is 8.79. The third-order valence-corrected chi connectivity index (χ3v) is 4.02. The Labute approximate surface area is 140 Å². The van der Waals surface area contributed by atoms with Crippen molar-refractivity contribution in [3.05, 3.63) is 52.6 Å². The van der Waals surface area contributed by atoms with Gasteiger partial charge in [0.1, 0.15) is 5.75 Å². The fourth-order valence-corrected chi connectivity index (χ4v) is 2.76. The van der Waals surface area contributed by atoms with E-state index in [1.807, 2.05) is 31.2 Å². The Balaban J connectivity index is 2.94. The van der Waals surface area contributed by atoms with Crippen LogP contribution in [0.4, 0.5) is 0 Å². The maximum Gasteiger partial charge on any atom is 0.339 e. The molecule has 0 spiro atoms. The summed E-state index contributed by atoms with van der Waals surface area (Å²) in [5.74, 6) is -1.44. The summed E-state index contributed by atoms with van der Waals surface area (Å²) in [6.07, 6.45) is 0.736. The number of rotatable bonds is 4. The van der Waals surface area contributed by atoms with E-state index in [9.17, 15) is 14.7 Å². The van der Waals surface area contributed by atoms with E-state index in [4.69, 9.17) is 9.47 Å². The summed E-state index contributed by atoms with van der Waals surface area (Å²) in [4.78, 5) is 24.5. The first-order valence-electron chi connectivity index (χ1n) is 7.57. The summed E-state index contributed by atoms with van der Waals surface area (Å²) in [5.41, 5.74) is 2.84. The first kappa shape index (κ1) is 17.5. The van der Waals surface area contributed by atoms with E-state index in [1.165, 1.54) is 20.3 Å². The second kappa shape index (κ2) is 7.17. The van der Waals surface area contributed by atoms with E-state index in [1.54, 1.807) is 6.92 Å². The van der Waals surface area contributed by atoms with Gasteiger partial charge in [-0.3, -0.25) is 0 Å². The smallest absolute Gasteiger partial charge is 0.339 e. The molecule has 24 heavy (non-hydrogen) atoms. The van der Waals surface area contributed by atoms with E-state index in [0.717, 1.165) is 17.5 Å². The number of carbonyl (C=O) groups is 2. The summed E-state index contributed by atoms with van der Waals surface area (Å²) >= 11 is 0. The maximum absolute atomic E-state index is 12.4. The largest absolute Gasteiger partial charge is 0.508 e. The van der Waals surface area contributed by atoms with Crippen molar-refractivity contribution in [2.45, 2.75) is 20.3 Å². The molecule has 0 aliphatic heterocycles. The molecule has 0 saturated heterocycles. The maximum atomic E-state index is 12.4. The summed E-state index contributed by atoms with van der Waals surface area (Å²) in [7, 11) is 2.47. The first-order chi connectivity index (χ1) is 11.5. The van der Waals surface area contributed by atoms with Crippen molar-refractivity contribution in [1.29, 1.82) is 0 Å². The van der Waals surface area contributed by atoms with E-state index >= 15 is 0 Å². The van der Waals surface area contributed by atoms with Crippen LogP contribution in [0, 0.1) is 6.92 Å². The summed E-state index contributed by atoms with van der Waals surface area (Å²) in [6.45, 7) is 3.70. The molecule has 2 aromatic rings. The molecule has 0 bridgehead atoms. The molecule has 5 nitrogen and oxygen atoms in total. The van der Waals surface area contributed by atoms with Crippen molar-refractivity contribution >= 4 is 11.9 Å². The Hall–Kier alpha value is -2.82. The monoisotopic (exact) mass is 328 g/mol. The molecule has 0 amide bonds. The van der Waals surface area contributed by atoms with Gasteiger partial charge >= 0.3 is 11.9 Å². The number of benzene rings is 2. The van der Waals surface area contributed by atoms with Crippen molar-refractivity contribution in [1.82, 2.24) is 0 Å². The van der Waals surface area contributed by atoms with Crippen LogP contribution in [0.25, 0.3) is 11.1 Å². The number of phenolic OH excluding ortho intramolecular Hbond substituents is 1. The van der Waals surface area contributed by atoms with Gasteiger partial charge in [-0.05, 0) is 36.1 Å². The predicted octanol–water partition coefficient (Wildman–Crippen LogP) is 3.50. The molecule has 0 saturated carbocycles. The van der Waals surface area contributed by atoms with E-state index in [2.05, 4.69) is 0 Å². The van der Waals surface area contributed by atoms with Crippen LogP contribution in [0.5, 0.6) is 5.75 Å². The van der Waals surface area contributed by atoms with Crippen LogP contribution in [0.3, 0.4) is 0 Å². The number of aryl methyl sites for hydroxylation is 1. The number of carbonyl (C=O) groups excluding carboxylic acids is 2. The minimum absolute atomic E-state index is 0.0200. The molecule has 2 aromatic carbocycles. The molecule has 0 fully saturated rings. The zero-order valence-electron chi connectivity index (χ0n) is 14.2. The van der Waals surface area contributed by atoms with Crippen LogP contribution in [0.1, 0.15) is 38.8 Å². The van der Waals surface area contributed by atoms with Crippen LogP contribution in [0.2, 0.25) is 0 Å². The van der Waals surface area contributed by atoms with Gasteiger partial charge < -0.3 is 14.6 Å². The van der Waals surface area contributed by atoms with Gasteiger partial charge in [-0.15, -0.1) is 0 Å². The van der Waals surface area contributed by atoms with Crippen molar-refractivity contribution < 1.29 is 24.2 Å². The second-order valence-electron chi connectivity index (χ2n) is 5.31. The highest BCUT2D eigenvalue weighted by Gasteiger charge is 2.27. The molecule has 0 aliphatic carbocycles. The van der Waals surface area contributed by atoms with E-state index < -0.39 is 11.9 Å². The highest BCUT2D eigenvalue weighted by Crippen LogP contribution is 2.38. The lowest BCUT2D eigenvalue weighted by Gasteiger charge is -2.18. The highest BCUT2D eigenvalue weighted by molar-refractivity contribution is 6.09. The third kappa shape index (κ3) is 2.97. The zero-order valence-corrected chi connectivity index (χ0v) is 14.2. The lowest BCUT2D eigenvalue weighted by Crippen LogP contribution is -2.15. The fourth-order valence-electron chi connectivity index (χ4n) is 2.76. The average Bonchev–Trinajstić information content (AvgIpc) is 2.62. The summed E-state index contributed by atoms with van der Waals surface area (Å²) < 4.78 is 9.63. The number of ether oxygens (including phenoxy) is 2. The van der Waals surface area contributed by atoms with E-state index in [0.29, 0.717) is 11.1 Å². The molecule has 0 aliphatic rings. The molecule has 0 atom stereocenters. The number of hydrogen-bond donors (Lipinski definition) is 1. The molecular weight excluding hydrogens is 308 g/mol. The number of methoxy groups -OCH3 is 2. The van der Waals surface area contributed by atoms with Crippen LogP contribution >= 0.6 is 0 Å². The van der Waals surface area contributed by atoms with Gasteiger partial charge in [-0.2, -0.15) is 0 Å². The van der Waals surface area contributed by atoms with Gasteiger partial charge in [0.2, 0.25) is 0 Å². The Morgan fingerprint density at radius 2 is 1.71 bits per heavy atom. The molecule has 0 unspecified atom stereocenters. The van der Waals surface area contributed by atoms with E-state index in [-0.39, 0.29) is 16.9 Å². The molecule has 0 aromatic heterocycles. The second-order valence-corrected chi connectivity index (χ2v) is 5.31. The third-order valence-electron chi connectivity index (χ3n) is 4.02. The normalized spacial score (nSPS) is 10.3. The standard InChI is InChI=1S/C19H20O5/c1-5-12-8-6-7-9-13(12)16-11(2)15(20)10-14(18(21)23-3)17(16)19(22)24-4/h6-10,20H,5H2,1-4H3. The molecule has 0 radical (unpaired) electrons. The van der Waals surface area contributed by atoms with Crippen molar-refractivity contribution in [3.8, 4) is 16.9 Å². The Kier molecular flexibility index (Phi) is 5.24. The lowest BCUT2D eigenvalue weighted by molar-refractivity contribution is 0.0555. The lowest BCUT2D eigenvalue weighted by atomic mass is 9.87. The van der Waals surface area contributed by atoms with Crippen molar-refractivity contribution in [2.75, 3.05) is 14.2 Å². The van der Waals surface area contributed by atoms with Gasteiger partial charge in [0.15, 0.2) is 0 Å².